The van der Waals surface area contributed by atoms with Crippen molar-refractivity contribution in [2.75, 3.05) is 18.0 Å². The summed E-state index contributed by atoms with van der Waals surface area (Å²) in [5, 5.41) is 0. The first-order valence-electron chi connectivity index (χ1n) is 5.85. The Labute approximate surface area is 116 Å². The SMILES string of the molecule is O=CC1CCN(c2ncc(Br)cc2C(F)(F)F)CC1. The molecule has 3 nitrogen and oxygen atoms in total. The number of alkyl halides is 3. The van der Waals surface area contributed by atoms with Crippen molar-refractivity contribution in [2.24, 2.45) is 5.92 Å². The Balaban J connectivity index is 2.28. The number of halogens is 4. The fourth-order valence-electron chi connectivity index (χ4n) is 2.14. The molecule has 1 aliphatic heterocycles. The summed E-state index contributed by atoms with van der Waals surface area (Å²) in [5.41, 5.74) is -0.744. The minimum Gasteiger partial charge on any atom is -0.356 e. The van der Waals surface area contributed by atoms with Crippen LogP contribution in [-0.4, -0.2) is 24.4 Å². The predicted octanol–water partition coefficient (Wildman–Crippen LogP) is 3.28. The highest BCUT2D eigenvalue weighted by atomic mass is 79.9. The van der Waals surface area contributed by atoms with E-state index in [-0.39, 0.29) is 11.7 Å². The van der Waals surface area contributed by atoms with Gasteiger partial charge in [-0.25, -0.2) is 4.98 Å². The van der Waals surface area contributed by atoms with Crippen molar-refractivity contribution in [2.45, 2.75) is 19.0 Å². The Bertz CT molecular complexity index is 471. The summed E-state index contributed by atoms with van der Waals surface area (Å²) in [6.07, 6.45) is -1.07. The molecule has 0 aliphatic carbocycles. The highest BCUT2D eigenvalue weighted by molar-refractivity contribution is 9.10. The van der Waals surface area contributed by atoms with Crippen molar-refractivity contribution in [3.63, 3.8) is 0 Å². The molecule has 0 unspecified atom stereocenters. The van der Waals surface area contributed by atoms with Crippen LogP contribution >= 0.6 is 15.9 Å². The lowest BCUT2D eigenvalue weighted by molar-refractivity contribution is -0.137. The van der Waals surface area contributed by atoms with Gasteiger partial charge in [0.1, 0.15) is 12.1 Å². The number of aromatic nitrogens is 1. The Morgan fingerprint density at radius 2 is 2.00 bits per heavy atom. The first-order chi connectivity index (χ1) is 8.91. The topological polar surface area (TPSA) is 33.2 Å². The Hall–Kier alpha value is -1.11. The van der Waals surface area contributed by atoms with Gasteiger partial charge in [0, 0.05) is 29.7 Å². The number of hydrogen-bond acceptors (Lipinski definition) is 3. The predicted molar refractivity (Wildman–Crippen MR) is 67.9 cm³/mol. The second-order valence-electron chi connectivity index (χ2n) is 4.48. The van der Waals surface area contributed by atoms with Gasteiger partial charge in [-0.3, -0.25) is 0 Å². The van der Waals surface area contributed by atoms with Gasteiger partial charge >= 0.3 is 6.18 Å². The van der Waals surface area contributed by atoms with E-state index in [9.17, 15) is 18.0 Å². The molecule has 104 valence electrons. The maximum atomic E-state index is 13.0. The quantitative estimate of drug-likeness (QED) is 0.777. The average Bonchev–Trinajstić information content (AvgIpc) is 2.38. The molecule has 0 radical (unpaired) electrons. The zero-order chi connectivity index (χ0) is 14.0. The van der Waals surface area contributed by atoms with Crippen molar-refractivity contribution in [1.82, 2.24) is 4.98 Å². The first kappa shape index (κ1) is 14.3. The summed E-state index contributed by atoms with van der Waals surface area (Å²) in [5.74, 6) is -0.110. The molecule has 1 aromatic heterocycles. The van der Waals surface area contributed by atoms with E-state index in [0.29, 0.717) is 30.4 Å². The van der Waals surface area contributed by atoms with E-state index in [4.69, 9.17) is 0 Å². The van der Waals surface area contributed by atoms with Gasteiger partial charge in [0.2, 0.25) is 0 Å². The molecule has 0 spiro atoms. The van der Waals surface area contributed by atoms with Crippen molar-refractivity contribution in [3.05, 3.63) is 22.3 Å². The molecule has 7 heteroatoms. The molecule has 0 saturated carbocycles. The summed E-state index contributed by atoms with van der Waals surface area (Å²) in [6.45, 7) is 0.836. The van der Waals surface area contributed by atoms with Gasteiger partial charge in [-0.1, -0.05) is 0 Å². The van der Waals surface area contributed by atoms with Crippen molar-refractivity contribution < 1.29 is 18.0 Å². The third kappa shape index (κ3) is 3.26. The number of carbonyl (C=O) groups excluding carboxylic acids is 1. The average molecular weight is 337 g/mol. The lowest BCUT2D eigenvalue weighted by atomic mass is 9.98. The molecule has 2 heterocycles. The number of aldehydes is 1. The number of rotatable bonds is 2. The minimum atomic E-state index is -4.44. The molecule has 0 N–H and O–H groups in total. The fourth-order valence-corrected chi connectivity index (χ4v) is 2.47. The molecular weight excluding hydrogens is 325 g/mol. The highest BCUT2D eigenvalue weighted by Gasteiger charge is 2.36. The summed E-state index contributed by atoms with van der Waals surface area (Å²) in [7, 11) is 0. The number of piperidine rings is 1. The maximum Gasteiger partial charge on any atom is 0.419 e. The molecule has 1 aromatic rings. The molecule has 1 fully saturated rings. The van der Waals surface area contributed by atoms with Gasteiger partial charge in [-0.05, 0) is 34.8 Å². The lowest BCUT2D eigenvalue weighted by Gasteiger charge is -2.32. The van der Waals surface area contributed by atoms with Gasteiger partial charge in [-0.15, -0.1) is 0 Å². The monoisotopic (exact) mass is 336 g/mol. The van der Waals surface area contributed by atoms with Crippen molar-refractivity contribution >= 4 is 28.0 Å². The van der Waals surface area contributed by atoms with Crippen LogP contribution < -0.4 is 4.90 Å². The molecule has 0 bridgehead atoms. The number of anilines is 1. The van der Waals surface area contributed by atoms with Crippen LogP contribution in [0.5, 0.6) is 0 Å². The van der Waals surface area contributed by atoms with Crippen molar-refractivity contribution in [1.29, 1.82) is 0 Å². The van der Waals surface area contributed by atoms with Gasteiger partial charge in [0.25, 0.3) is 0 Å². The molecule has 1 aliphatic rings. The normalized spacial score (nSPS) is 17.6. The second kappa shape index (κ2) is 5.48. The highest BCUT2D eigenvalue weighted by Crippen LogP contribution is 2.37. The van der Waals surface area contributed by atoms with Crippen LogP contribution in [0, 0.1) is 5.92 Å². The molecule has 1 saturated heterocycles. The van der Waals surface area contributed by atoms with Gasteiger partial charge in [-0.2, -0.15) is 13.2 Å². The standard InChI is InChI=1S/C12H12BrF3N2O/c13-9-5-10(12(14,15)16)11(17-6-9)18-3-1-8(7-19)2-4-18/h5-8H,1-4H2. The number of carbonyl (C=O) groups is 1. The maximum absolute atomic E-state index is 13.0. The van der Waals surface area contributed by atoms with E-state index in [1.54, 1.807) is 4.90 Å². The molecule has 0 aromatic carbocycles. The third-order valence-corrected chi connectivity index (χ3v) is 3.60. The van der Waals surface area contributed by atoms with E-state index < -0.39 is 11.7 Å². The minimum absolute atomic E-state index is 0.0546. The molecular formula is C12H12BrF3N2O. The van der Waals surface area contributed by atoms with Crippen LogP contribution in [0.2, 0.25) is 0 Å². The van der Waals surface area contributed by atoms with Crippen LogP contribution in [0.15, 0.2) is 16.7 Å². The summed E-state index contributed by atoms with van der Waals surface area (Å²) in [4.78, 5) is 16.1. The first-order valence-corrected chi connectivity index (χ1v) is 6.64. The largest absolute Gasteiger partial charge is 0.419 e. The second-order valence-corrected chi connectivity index (χ2v) is 5.40. The number of nitrogens with zero attached hydrogens (tertiary/aromatic N) is 2. The zero-order valence-electron chi connectivity index (χ0n) is 9.95. The van der Waals surface area contributed by atoms with Crippen LogP contribution in [0.3, 0.4) is 0 Å². The van der Waals surface area contributed by atoms with Gasteiger partial charge in [0.15, 0.2) is 0 Å². The number of hydrogen-bond donors (Lipinski definition) is 0. The van der Waals surface area contributed by atoms with E-state index in [1.807, 2.05) is 0 Å². The van der Waals surface area contributed by atoms with E-state index in [0.717, 1.165) is 12.4 Å². The summed E-state index contributed by atoms with van der Waals surface area (Å²) >= 11 is 3.01. The third-order valence-electron chi connectivity index (χ3n) is 3.17. The van der Waals surface area contributed by atoms with E-state index >= 15 is 0 Å². The number of pyridine rings is 1. The van der Waals surface area contributed by atoms with Gasteiger partial charge in [0.05, 0.1) is 5.56 Å². The van der Waals surface area contributed by atoms with Crippen molar-refractivity contribution in [3.8, 4) is 0 Å². The fraction of sp³-hybridized carbons (Fsp3) is 0.500. The Morgan fingerprint density at radius 3 is 2.53 bits per heavy atom. The van der Waals surface area contributed by atoms with Crippen LogP contribution in [0.25, 0.3) is 0 Å². The lowest BCUT2D eigenvalue weighted by Crippen LogP contribution is -2.36. The zero-order valence-corrected chi connectivity index (χ0v) is 11.5. The molecule has 19 heavy (non-hydrogen) atoms. The molecule has 0 amide bonds. The van der Waals surface area contributed by atoms with E-state index in [2.05, 4.69) is 20.9 Å². The van der Waals surface area contributed by atoms with Gasteiger partial charge < -0.3 is 9.69 Å². The van der Waals surface area contributed by atoms with Crippen LogP contribution in [-0.2, 0) is 11.0 Å². The van der Waals surface area contributed by atoms with Crippen LogP contribution in [0.4, 0.5) is 19.0 Å². The molecule has 2 rings (SSSR count). The van der Waals surface area contributed by atoms with E-state index in [1.165, 1.54) is 6.20 Å². The molecule has 0 atom stereocenters. The summed E-state index contributed by atoms with van der Waals surface area (Å²) in [6, 6.07) is 1.04. The summed E-state index contributed by atoms with van der Waals surface area (Å²) < 4.78 is 39.2. The Morgan fingerprint density at radius 1 is 1.37 bits per heavy atom. The van der Waals surface area contributed by atoms with Crippen LogP contribution in [0.1, 0.15) is 18.4 Å². The Kier molecular flexibility index (Phi) is 4.13. The smallest absolute Gasteiger partial charge is 0.356 e.